The van der Waals surface area contributed by atoms with E-state index in [0.717, 1.165) is 25.7 Å². The third kappa shape index (κ3) is 4.31. The number of hydrogen-bond acceptors (Lipinski definition) is 2. The highest BCUT2D eigenvalue weighted by atomic mass is 16.4. The Kier molecular flexibility index (Phi) is 4.99. The maximum absolute atomic E-state index is 12.2. The minimum absolute atomic E-state index is 0.0309. The van der Waals surface area contributed by atoms with Crippen LogP contribution in [-0.4, -0.2) is 22.5 Å². The molecular formula is C17H23NO3. The van der Waals surface area contributed by atoms with Gasteiger partial charge >= 0.3 is 5.97 Å². The van der Waals surface area contributed by atoms with Gasteiger partial charge in [0.1, 0.15) is 0 Å². The topological polar surface area (TPSA) is 66.4 Å². The summed E-state index contributed by atoms with van der Waals surface area (Å²) in [6, 6.07) is 8.03. The molecular weight excluding hydrogens is 266 g/mol. The average molecular weight is 289 g/mol. The maximum atomic E-state index is 12.2. The Hall–Kier alpha value is -1.84. The number of benzene rings is 1. The van der Waals surface area contributed by atoms with E-state index in [1.54, 1.807) is 0 Å². The summed E-state index contributed by atoms with van der Waals surface area (Å²) in [6.45, 7) is 2.04. The Balaban J connectivity index is 1.91. The van der Waals surface area contributed by atoms with Crippen LogP contribution >= 0.6 is 0 Å². The van der Waals surface area contributed by atoms with Gasteiger partial charge in [-0.1, -0.05) is 37.1 Å². The summed E-state index contributed by atoms with van der Waals surface area (Å²) < 4.78 is 0. The number of aliphatic carboxylic acids is 1. The van der Waals surface area contributed by atoms with Crippen molar-refractivity contribution >= 4 is 11.9 Å². The number of carbonyl (C=O) groups excluding carboxylic acids is 1. The van der Waals surface area contributed by atoms with Crippen molar-refractivity contribution in [3.63, 3.8) is 0 Å². The lowest BCUT2D eigenvalue weighted by molar-refractivity contribution is -0.139. The Morgan fingerprint density at radius 3 is 2.52 bits per heavy atom. The molecule has 1 fully saturated rings. The highest BCUT2D eigenvalue weighted by molar-refractivity contribution is 5.78. The van der Waals surface area contributed by atoms with E-state index < -0.39 is 11.5 Å². The summed E-state index contributed by atoms with van der Waals surface area (Å²) >= 11 is 0. The zero-order chi connectivity index (χ0) is 15.3. The van der Waals surface area contributed by atoms with Crippen LogP contribution in [0.2, 0.25) is 0 Å². The Morgan fingerprint density at radius 2 is 1.90 bits per heavy atom. The van der Waals surface area contributed by atoms with Crippen LogP contribution in [0.25, 0.3) is 0 Å². The third-order valence-corrected chi connectivity index (χ3v) is 4.34. The molecule has 114 valence electrons. The monoisotopic (exact) mass is 289 g/mol. The summed E-state index contributed by atoms with van der Waals surface area (Å²) in [5.74, 6) is -0.877. The SMILES string of the molecule is Cc1ccccc1CCC(=O)NC1(CC(=O)O)CCCC1. The highest BCUT2D eigenvalue weighted by Gasteiger charge is 2.37. The zero-order valence-electron chi connectivity index (χ0n) is 12.5. The lowest BCUT2D eigenvalue weighted by Gasteiger charge is -2.28. The molecule has 0 saturated heterocycles. The molecule has 0 spiro atoms. The molecule has 21 heavy (non-hydrogen) atoms. The lowest BCUT2D eigenvalue weighted by atomic mass is 9.92. The second-order valence-electron chi connectivity index (χ2n) is 6.03. The molecule has 0 aliphatic heterocycles. The van der Waals surface area contributed by atoms with E-state index in [-0.39, 0.29) is 12.3 Å². The number of carboxylic acids is 1. The van der Waals surface area contributed by atoms with E-state index in [0.29, 0.717) is 12.8 Å². The van der Waals surface area contributed by atoms with E-state index in [1.807, 2.05) is 31.2 Å². The van der Waals surface area contributed by atoms with Gasteiger partial charge in [0.15, 0.2) is 0 Å². The molecule has 1 aromatic carbocycles. The minimum Gasteiger partial charge on any atom is -0.481 e. The van der Waals surface area contributed by atoms with Crippen LogP contribution in [0.1, 0.15) is 49.7 Å². The standard InChI is InChI=1S/C17H23NO3/c1-13-6-2-3-7-14(13)8-9-15(19)18-17(12-16(20)21)10-4-5-11-17/h2-3,6-7H,4-5,8-12H2,1H3,(H,18,19)(H,20,21). The molecule has 1 saturated carbocycles. The fraction of sp³-hybridized carbons (Fsp3) is 0.529. The summed E-state index contributed by atoms with van der Waals surface area (Å²) in [5, 5.41) is 12.0. The molecule has 4 heteroatoms. The molecule has 2 rings (SSSR count). The third-order valence-electron chi connectivity index (χ3n) is 4.34. The van der Waals surface area contributed by atoms with Crippen LogP contribution in [-0.2, 0) is 16.0 Å². The van der Waals surface area contributed by atoms with Crippen molar-refractivity contribution in [1.29, 1.82) is 0 Å². The number of amides is 1. The van der Waals surface area contributed by atoms with Gasteiger partial charge in [-0.25, -0.2) is 0 Å². The number of carbonyl (C=O) groups is 2. The van der Waals surface area contributed by atoms with Crippen molar-refractivity contribution in [2.45, 2.75) is 57.4 Å². The average Bonchev–Trinajstić information content (AvgIpc) is 2.85. The fourth-order valence-corrected chi connectivity index (χ4v) is 3.18. The van der Waals surface area contributed by atoms with E-state index in [1.165, 1.54) is 11.1 Å². The number of aryl methyl sites for hydroxylation is 2. The second kappa shape index (κ2) is 6.74. The van der Waals surface area contributed by atoms with Crippen LogP contribution in [0, 0.1) is 6.92 Å². The van der Waals surface area contributed by atoms with Gasteiger partial charge in [-0.3, -0.25) is 9.59 Å². The number of rotatable bonds is 6. The first kappa shape index (κ1) is 15.5. The van der Waals surface area contributed by atoms with Gasteiger partial charge in [0, 0.05) is 6.42 Å². The van der Waals surface area contributed by atoms with Gasteiger partial charge in [-0.05, 0) is 37.3 Å². The van der Waals surface area contributed by atoms with Crippen LogP contribution in [0.3, 0.4) is 0 Å². The molecule has 0 bridgehead atoms. The van der Waals surface area contributed by atoms with Crippen molar-refractivity contribution in [1.82, 2.24) is 5.32 Å². The van der Waals surface area contributed by atoms with E-state index in [4.69, 9.17) is 5.11 Å². The van der Waals surface area contributed by atoms with Crippen molar-refractivity contribution in [3.8, 4) is 0 Å². The fourth-order valence-electron chi connectivity index (χ4n) is 3.18. The van der Waals surface area contributed by atoms with Gasteiger partial charge in [-0.2, -0.15) is 0 Å². The molecule has 1 aliphatic rings. The van der Waals surface area contributed by atoms with Gasteiger partial charge in [-0.15, -0.1) is 0 Å². The first-order valence-electron chi connectivity index (χ1n) is 7.58. The van der Waals surface area contributed by atoms with Crippen LogP contribution in [0.15, 0.2) is 24.3 Å². The van der Waals surface area contributed by atoms with Crippen LogP contribution in [0.5, 0.6) is 0 Å². The predicted octanol–water partition coefficient (Wildman–Crippen LogP) is 2.83. The lowest BCUT2D eigenvalue weighted by Crippen LogP contribution is -2.47. The van der Waals surface area contributed by atoms with Gasteiger partial charge in [0.2, 0.25) is 5.91 Å². The van der Waals surface area contributed by atoms with Gasteiger partial charge in [0.25, 0.3) is 0 Å². The van der Waals surface area contributed by atoms with Gasteiger partial charge in [0.05, 0.1) is 12.0 Å². The van der Waals surface area contributed by atoms with Crippen LogP contribution in [0.4, 0.5) is 0 Å². The van der Waals surface area contributed by atoms with Crippen molar-refractivity contribution < 1.29 is 14.7 Å². The zero-order valence-corrected chi connectivity index (χ0v) is 12.5. The molecule has 0 radical (unpaired) electrons. The Morgan fingerprint density at radius 1 is 1.24 bits per heavy atom. The first-order valence-corrected chi connectivity index (χ1v) is 7.58. The minimum atomic E-state index is -0.837. The highest BCUT2D eigenvalue weighted by Crippen LogP contribution is 2.32. The van der Waals surface area contributed by atoms with E-state index in [2.05, 4.69) is 5.32 Å². The summed E-state index contributed by atoms with van der Waals surface area (Å²) in [4.78, 5) is 23.2. The van der Waals surface area contributed by atoms with E-state index >= 15 is 0 Å². The van der Waals surface area contributed by atoms with E-state index in [9.17, 15) is 9.59 Å². The smallest absolute Gasteiger partial charge is 0.305 e. The van der Waals surface area contributed by atoms with Crippen molar-refractivity contribution in [2.75, 3.05) is 0 Å². The number of hydrogen-bond donors (Lipinski definition) is 2. The Labute approximate surface area is 125 Å². The molecule has 4 nitrogen and oxygen atoms in total. The molecule has 1 aliphatic carbocycles. The maximum Gasteiger partial charge on any atom is 0.305 e. The van der Waals surface area contributed by atoms with Crippen molar-refractivity contribution in [2.24, 2.45) is 0 Å². The molecule has 0 heterocycles. The largest absolute Gasteiger partial charge is 0.481 e. The molecule has 0 atom stereocenters. The molecule has 0 aromatic heterocycles. The molecule has 2 N–H and O–H groups in total. The normalized spacial score (nSPS) is 16.6. The number of carboxylic acid groups (broad SMARTS) is 1. The van der Waals surface area contributed by atoms with Crippen LogP contribution < -0.4 is 5.32 Å². The molecule has 0 unspecified atom stereocenters. The second-order valence-corrected chi connectivity index (χ2v) is 6.03. The Bertz CT molecular complexity index is 519. The predicted molar refractivity (Wildman–Crippen MR) is 81.1 cm³/mol. The summed E-state index contributed by atoms with van der Waals surface area (Å²) in [6.07, 6.45) is 4.67. The summed E-state index contributed by atoms with van der Waals surface area (Å²) in [7, 11) is 0. The van der Waals surface area contributed by atoms with Gasteiger partial charge < -0.3 is 10.4 Å². The number of nitrogens with one attached hydrogen (secondary N) is 1. The van der Waals surface area contributed by atoms with Crippen molar-refractivity contribution in [3.05, 3.63) is 35.4 Å². The first-order chi connectivity index (χ1) is 10.0. The quantitative estimate of drug-likeness (QED) is 0.846. The molecule has 1 amide bonds. The molecule has 1 aromatic rings. The summed E-state index contributed by atoms with van der Waals surface area (Å²) in [5.41, 5.74) is 1.84.